The van der Waals surface area contributed by atoms with Gasteiger partial charge >= 0.3 is 0 Å². The summed E-state index contributed by atoms with van der Waals surface area (Å²) in [6.07, 6.45) is 7.19. The first kappa shape index (κ1) is 15.4. The lowest BCUT2D eigenvalue weighted by atomic mass is 10.1. The van der Waals surface area contributed by atoms with E-state index in [0.717, 1.165) is 31.5 Å². The van der Waals surface area contributed by atoms with Crippen LogP contribution in [0.25, 0.3) is 0 Å². The molecule has 5 heteroatoms. The molecule has 126 valence electrons. The predicted molar refractivity (Wildman–Crippen MR) is 93.9 cm³/mol. The van der Waals surface area contributed by atoms with Gasteiger partial charge < -0.3 is 4.90 Å². The van der Waals surface area contributed by atoms with Crippen molar-refractivity contribution < 1.29 is 4.79 Å². The maximum absolute atomic E-state index is 13.0. The fourth-order valence-corrected chi connectivity index (χ4v) is 4.20. The van der Waals surface area contributed by atoms with Gasteiger partial charge in [0.1, 0.15) is 0 Å². The van der Waals surface area contributed by atoms with Crippen LogP contribution >= 0.6 is 0 Å². The quantitative estimate of drug-likeness (QED) is 0.871. The topological polar surface area (TPSA) is 41.4 Å². The van der Waals surface area contributed by atoms with Crippen molar-refractivity contribution in [3.05, 3.63) is 47.8 Å². The van der Waals surface area contributed by atoms with E-state index in [4.69, 9.17) is 0 Å². The molecule has 0 N–H and O–H groups in total. The Morgan fingerprint density at radius 1 is 1.33 bits per heavy atom. The minimum Gasteiger partial charge on any atom is -0.308 e. The number of likely N-dealkylation sites (tertiary alicyclic amines) is 1. The summed E-state index contributed by atoms with van der Waals surface area (Å²) in [6.45, 7) is 3.61. The largest absolute Gasteiger partial charge is 0.308 e. The number of para-hydroxylation sites is 1. The van der Waals surface area contributed by atoms with E-state index in [1.165, 1.54) is 11.1 Å². The summed E-state index contributed by atoms with van der Waals surface area (Å²) in [5.41, 5.74) is 3.59. The number of hydrogen-bond acceptors (Lipinski definition) is 3. The summed E-state index contributed by atoms with van der Waals surface area (Å²) < 4.78 is 1.84. The highest BCUT2D eigenvalue weighted by Gasteiger charge is 2.34. The number of amides is 1. The Morgan fingerprint density at radius 3 is 2.96 bits per heavy atom. The lowest BCUT2D eigenvalue weighted by Crippen LogP contribution is -2.43. The second-order valence-corrected chi connectivity index (χ2v) is 7.02. The summed E-state index contributed by atoms with van der Waals surface area (Å²) in [5.74, 6) is 0.211. The number of rotatable bonds is 3. The molecule has 24 heavy (non-hydrogen) atoms. The fourth-order valence-electron chi connectivity index (χ4n) is 4.20. The first-order valence-electron chi connectivity index (χ1n) is 8.76. The van der Waals surface area contributed by atoms with Gasteiger partial charge in [0.05, 0.1) is 12.7 Å². The van der Waals surface area contributed by atoms with E-state index in [2.05, 4.69) is 41.3 Å². The van der Waals surface area contributed by atoms with Crippen molar-refractivity contribution >= 4 is 11.6 Å². The highest BCUT2D eigenvalue weighted by molar-refractivity contribution is 5.97. The lowest BCUT2D eigenvalue weighted by molar-refractivity contribution is -0.120. The Hall–Kier alpha value is -2.14. The Bertz CT molecular complexity index is 753. The summed E-state index contributed by atoms with van der Waals surface area (Å²) >= 11 is 0. The normalized spacial score (nSPS) is 23.7. The highest BCUT2D eigenvalue weighted by atomic mass is 16.2. The molecule has 5 nitrogen and oxygen atoms in total. The van der Waals surface area contributed by atoms with E-state index in [9.17, 15) is 4.79 Å². The molecule has 1 aromatic carbocycles. The van der Waals surface area contributed by atoms with E-state index in [-0.39, 0.29) is 11.9 Å². The number of aryl methyl sites for hydroxylation is 1. The molecule has 3 heterocycles. The van der Waals surface area contributed by atoms with Crippen LogP contribution in [0.5, 0.6) is 0 Å². The van der Waals surface area contributed by atoms with Crippen molar-refractivity contribution in [2.75, 3.05) is 18.0 Å². The summed E-state index contributed by atoms with van der Waals surface area (Å²) in [6, 6.07) is 8.83. The molecule has 0 aliphatic carbocycles. The minimum atomic E-state index is 0.211. The van der Waals surface area contributed by atoms with Gasteiger partial charge in [-0.25, -0.2) is 0 Å². The van der Waals surface area contributed by atoms with Crippen LogP contribution in [0.4, 0.5) is 5.69 Å². The van der Waals surface area contributed by atoms with Crippen LogP contribution in [-0.4, -0.2) is 39.7 Å². The van der Waals surface area contributed by atoms with Crippen molar-refractivity contribution in [2.45, 2.75) is 38.3 Å². The van der Waals surface area contributed by atoms with E-state index in [0.29, 0.717) is 12.6 Å². The Balaban J connectivity index is 1.52. The van der Waals surface area contributed by atoms with Gasteiger partial charge in [0.25, 0.3) is 0 Å². The summed E-state index contributed by atoms with van der Waals surface area (Å²) in [4.78, 5) is 17.3. The van der Waals surface area contributed by atoms with Crippen LogP contribution in [0, 0.1) is 0 Å². The minimum absolute atomic E-state index is 0.211. The average Bonchev–Trinajstić information content (AvgIpc) is 3.24. The lowest BCUT2D eigenvalue weighted by Gasteiger charge is -2.28. The number of benzene rings is 1. The number of fused-ring (bicyclic) bond motifs is 1. The Kier molecular flexibility index (Phi) is 3.88. The molecule has 2 atom stereocenters. The third kappa shape index (κ3) is 2.63. The number of nitrogens with zero attached hydrogens (tertiary/aromatic N) is 4. The standard InChI is InChI=1S/C19H24N4O/c1-14-10-15-6-3-4-7-18(15)23(14)19(24)13-22-9-5-8-17(22)16-11-20-21(2)12-16/h3-4,6-7,11-12,14,17H,5,8-10,13H2,1-2H3/t14-,17-/m0/s1. The van der Waals surface area contributed by atoms with Gasteiger partial charge in [-0.05, 0) is 44.4 Å². The first-order valence-corrected chi connectivity index (χ1v) is 8.76. The molecule has 0 radical (unpaired) electrons. The average molecular weight is 324 g/mol. The van der Waals surface area contributed by atoms with Gasteiger partial charge in [-0.3, -0.25) is 14.4 Å². The van der Waals surface area contributed by atoms with Crippen molar-refractivity contribution in [1.29, 1.82) is 0 Å². The van der Waals surface area contributed by atoms with Crippen molar-refractivity contribution in [3.8, 4) is 0 Å². The number of carbonyl (C=O) groups excluding carboxylic acids is 1. The van der Waals surface area contributed by atoms with Crippen LogP contribution in [0.15, 0.2) is 36.7 Å². The zero-order valence-electron chi connectivity index (χ0n) is 14.4. The summed E-state index contributed by atoms with van der Waals surface area (Å²) in [7, 11) is 1.94. The zero-order valence-corrected chi connectivity index (χ0v) is 14.4. The fraction of sp³-hybridized carbons (Fsp3) is 0.474. The molecule has 1 saturated heterocycles. The van der Waals surface area contributed by atoms with Crippen molar-refractivity contribution in [1.82, 2.24) is 14.7 Å². The Morgan fingerprint density at radius 2 is 2.17 bits per heavy atom. The van der Waals surface area contributed by atoms with Gasteiger partial charge in [-0.2, -0.15) is 5.10 Å². The Labute approximate surface area is 142 Å². The second-order valence-electron chi connectivity index (χ2n) is 7.02. The highest BCUT2D eigenvalue weighted by Crippen LogP contribution is 2.34. The van der Waals surface area contributed by atoms with E-state index in [1.54, 1.807) is 0 Å². The predicted octanol–water partition coefficient (Wildman–Crippen LogP) is 2.53. The molecule has 4 rings (SSSR count). The zero-order chi connectivity index (χ0) is 16.7. The van der Waals surface area contributed by atoms with Crippen LogP contribution in [0.1, 0.15) is 36.9 Å². The molecule has 0 spiro atoms. The molecule has 2 aliphatic rings. The first-order chi connectivity index (χ1) is 11.6. The second kappa shape index (κ2) is 6.06. The molecule has 0 unspecified atom stereocenters. The van der Waals surface area contributed by atoms with Crippen molar-refractivity contribution in [2.24, 2.45) is 7.05 Å². The number of anilines is 1. The van der Waals surface area contributed by atoms with Gasteiger partial charge in [0.2, 0.25) is 5.91 Å². The number of hydrogen-bond donors (Lipinski definition) is 0. The smallest absolute Gasteiger partial charge is 0.241 e. The maximum atomic E-state index is 13.0. The molecule has 2 aliphatic heterocycles. The third-order valence-electron chi connectivity index (χ3n) is 5.29. The van der Waals surface area contributed by atoms with Gasteiger partial charge in [-0.1, -0.05) is 18.2 Å². The van der Waals surface area contributed by atoms with E-state index >= 15 is 0 Å². The van der Waals surface area contributed by atoms with Crippen LogP contribution in [0.2, 0.25) is 0 Å². The SMILES string of the molecule is C[C@H]1Cc2ccccc2N1C(=O)CN1CCC[C@H]1c1cnn(C)c1. The molecule has 1 amide bonds. The van der Waals surface area contributed by atoms with Gasteiger partial charge in [0, 0.05) is 36.6 Å². The molecule has 1 aromatic heterocycles. The molecule has 2 aromatic rings. The van der Waals surface area contributed by atoms with Crippen molar-refractivity contribution in [3.63, 3.8) is 0 Å². The molecule has 0 saturated carbocycles. The van der Waals surface area contributed by atoms with Gasteiger partial charge in [-0.15, -0.1) is 0 Å². The maximum Gasteiger partial charge on any atom is 0.241 e. The third-order valence-corrected chi connectivity index (χ3v) is 5.29. The number of carbonyl (C=O) groups is 1. The molecule has 1 fully saturated rings. The van der Waals surface area contributed by atoms with Crippen LogP contribution < -0.4 is 4.90 Å². The molecular weight excluding hydrogens is 300 g/mol. The van der Waals surface area contributed by atoms with E-state index in [1.807, 2.05) is 28.9 Å². The summed E-state index contributed by atoms with van der Waals surface area (Å²) in [5, 5.41) is 4.29. The van der Waals surface area contributed by atoms with E-state index < -0.39 is 0 Å². The molecule has 0 bridgehead atoms. The van der Waals surface area contributed by atoms with Crippen LogP contribution in [-0.2, 0) is 18.3 Å². The van der Waals surface area contributed by atoms with Crippen LogP contribution in [0.3, 0.4) is 0 Å². The van der Waals surface area contributed by atoms with Gasteiger partial charge in [0.15, 0.2) is 0 Å². The number of aromatic nitrogens is 2. The molecular formula is C19H24N4O. The monoisotopic (exact) mass is 324 g/mol.